The summed E-state index contributed by atoms with van der Waals surface area (Å²) in [5.74, 6) is -1.44. The van der Waals surface area contributed by atoms with Crippen molar-refractivity contribution in [3.63, 3.8) is 0 Å². The minimum Gasteiger partial charge on any atom is -0.480 e. The number of aliphatic carboxylic acids is 1. The molecular formula is C8H17NO5S. The van der Waals surface area contributed by atoms with Crippen molar-refractivity contribution in [2.75, 3.05) is 12.4 Å². The van der Waals surface area contributed by atoms with E-state index in [4.69, 9.17) is 9.84 Å². The third kappa shape index (κ3) is 7.29. The van der Waals surface area contributed by atoms with E-state index in [0.29, 0.717) is 0 Å². The molecule has 0 aliphatic rings. The minimum absolute atomic E-state index is 0.0444. The zero-order chi connectivity index (χ0) is 12.1. The fourth-order valence-corrected chi connectivity index (χ4v) is 1.85. The lowest BCUT2D eigenvalue weighted by molar-refractivity contribution is -0.138. The molecule has 0 fully saturated rings. The summed E-state index contributed by atoms with van der Waals surface area (Å²) < 4.78 is 29.6. The molecule has 0 heterocycles. The number of carboxylic acids is 1. The van der Waals surface area contributed by atoms with Crippen LogP contribution in [0.4, 0.5) is 0 Å². The van der Waals surface area contributed by atoms with Crippen LogP contribution in [0.25, 0.3) is 0 Å². The van der Waals surface area contributed by atoms with Gasteiger partial charge in [-0.05, 0) is 20.8 Å². The highest BCUT2D eigenvalue weighted by Crippen LogP contribution is 1.93. The van der Waals surface area contributed by atoms with E-state index in [2.05, 4.69) is 0 Å². The van der Waals surface area contributed by atoms with Crippen molar-refractivity contribution >= 4 is 16.0 Å². The highest BCUT2D eigenvalue weighted by Gasteiger charge is 2.19. The molecule has 0 radical (unpaired) electrons. The number of hydrogen-bond donors (Lipinski definition) is 2. The fraction of sp³-hybridized carbons (Fsp3) is 0.875. The average molecular weight is 239 g/mol. The maximum Gasteiger partial charge on any atom is 0.321 e. The van der Waals surface area contributed by atoms with E-state index in [1.165, 1.54) is 6.92 Å². The second-order valence-corrected chi connectivity index (χ2v) is 5.29. The number of carboxylic acid groups (broad SMARTS) is 1. The molecule has 1 atom stereocenters. The minimum atomic E-state index is -3.58. The molecule has 0 bridgehead atoms. The van der Waals surface area contributed by atoms with Gasteiger partial charge in [0.1, 0.15) is 6.04 Å². The Bertz CT molecular complexity index is 298. The van der Waals surface area contributed by atoms with Crippen LogP contribution < -0.4 is 4.72 Å². The van der Waals surface area contributed by atoms with Crippen LogP contribution in [0.2, 0.25) is 0 Å². The van der Waals surface area contributed by atoms with Gasteiger partial charge in [0.2, 0.25) is 10.0 Å². The van der Waals surface area contributed by atoms with Gasteiger partial charge in [-0.2, -0.15) is 0 Å². The smallest absolute Gasteiger partial charge is 0.321 e. The van der Waals surface area contributed by atoms with E-state index in [1.807, 2.05) is 4.72 Å². The Labute approximate surface area is 89.7 Å². The van der Waals surface area contributed by atoms with Crippen molar-refractivity contribution in [2.24, 2.45) is 0 Å². The van der Waals surface area contributed by atoms with Crippen LogP contribution in [0.15, 0.2) is 0 Å². The summed E-state index contributed by atoms with van der Waals surface area (Å²) in [5, 5.41) is 8.50. The Morgan fingerprint density at radius 1 is 1.40 bits per heavy atom. The average Bonchev–Trinajstić information content (AvgIpc) is 2.01. The Hall–Kier alpha value is -0.660. The summed E-state index contributed by atoms with van der Waals surface area (Å²) in [4.78, 5) is 10.4. The van der Waals surface area contributed by atoms with Gasteiger partial charge in [0.25, 0.3) is 0 Å². The normalized spacial score (nSPS) is 14.1. The summed E-state index contributed by atoms with van der Waals surface area (Å²) >= 11 is 0. The van der Waals surface area contributed by atoms with Gasteiger partial charge in [-0.25, -0.2) is 13.1 Å². The van der Waals surface area contributed by atoms with Crippen LogP contribution in [-0.4, -0.2) is 44.0 Å². The van der Waals surface area contributed by atoms with Gasteiger partial charge in [-0.15, -0.1) is 0 Å². The molecule has 0 aromatic rings. The standard InChI is InChI=1S/C8H17NO5S/c1-6(2)14-4-5-15(12,13)9-7(3)8(10)11/h6-7,9H,4-5H2,1-3H3,(H,10,11)/t7-/m1/s1. The molecule has 6 nitrogen and oxygen atoms in total. The van der Waals surface area contributed by atoms with Crippen LogP contribution >= 0.6 is 0 Å². The predicted octanol–water partition coefficient (Wildman–Crippen LogP) is -0.196. The van der Waals surface area contributed by atoms with Gasteiger partial charge in [-0.3, -0.25) is 4.79 Å². The van der Waals surface area contributed by atoms with Gasteiger partial charge in [0, 0.05) is 0 Å². The zero-order valence-corrected chi connectivity index (χ0v) is 9.87. The second kappa shape index (κ2) is 6.04. The van der Waals surface area contributed by atoms with E-state index in [1.54, 1.807) is 13.8 Å². The lowest BCUT2D eigenvalue weighted by Crippen LogP contribution is -2.40. The summed E-state index contributed by atoms with van der Waals surface area (Å²) in [6.45, 7) is 4.91. The molecule has 90 valence electrons. The first-order valence-corrected chi connectivity index (χ1v) is 6.24. The largest absolute Gasteiger partial charge is 0.480 e. The maximum atomic E-state index is 11.3. The summed E-state index contributed by atoms with van der Waals surface area (Å²) in [6, 6.07) is -1.12. The molecule has 0 aliphatic carbocycles. The quantitative estimate of drug-likeness (QED) is 0.642. The van der Waals surface area contributed by atoms with Crippen LogP contribution in [0.5, 0.6) is 0 Å². The topological polar surface area (TPSA) is 92.7 Å². The molecule has 0 aromatic carbocycles. The third-order valence-electron chi connectivity index (χ3n) is 1.53. The van der Waals surface area contributed by atoms with Gasteiger partial charge >= 0.3 is 5.97 Å². The molecule has 15 heavy (non-hydrogen) atoms. The van der Waals surface area contributed by atoms with Gasteiger partial charge in [-0.1, -0.05) is 0 Å². The monoisotopic (exact) mass is 239 g/mol. The van der Waals surface area contributed by atoms with E-state index in [0.717, 1.165) is 0 Å². The van der Waals surface area contributed by atoms with Crippen LogP contribution in [0.3, 0.4) is 0 Å². The number of ether oxygens (including phenoxy) is 1. The Balaban J connectivity index is 4.03. The number of nitrogens with one attached hydrogen (secondary N) is 1. The van der Waals surface area contributed by atoms with Gasteiger partial charge in [0.15, 0.2) is 0 Å². The van der Waals surface area contributed by atoms with Crippen LogP contribution in [0.1, 0.15) is 20.8 Å². The van der Waals surface area contributed by atoms with Gasteiger partial charge in [0.05, 0.1) is 18.5 Å². The van der Waals surface area contributed by atoms with Crippen LogP contribution in [0, 0.1) is 0 Å². The van der Waals surface area contributed by atoms with E-state index >= 15 is 0 Å². The Morgan fingerprint density at radius 3 is 2.33 bits per heavy atom. The molecule has 0 amide bonds. The summed E-state index contributed by atoms with van der Waals surface area (Å²) in [5.41, 5.74) is 0. The number of hydrogen-bond acceptors (Lipinski definition) is 4. The van der Waals surface area contributed by atoms with Gasteiger partial charge < -0.3 is 9.84 Å². The maximum absolute atomic E-state index is 11.3. The molecule has 0 rings (SSSR count). The first kappa shape index (κ1) is 14.3. The lowest BCUT2D eigenvalue weighted by atomic mass is 10.4. The van der Waals surface area contributed by atoms with Crippen molar-refractivity contribution in [3.8, 4) is 0 Å². The summed E-state index contributed by atoms with van der Waals surface area (Å²) in [7, 11) is -3.58. The SMILES string of the molecule is CC(C)OCCS(=O)(=O)N[C@H](C)C(=O)O. The second-order valence-electron chi connectivity index (χ2n) is 3.42. The van der Waals surface area contributed by atoms with Crippen molar-refractivity contribution in [2.45, 2.75) is 32.9 Å². The number of rotatable bonds is 7. The first-order chi connectivity index (χ1) is 6.74. The molecule has 0 spiro atoms. The zero-order valence-electron chi connectivity index (χ0n) is 9.06. The molecule has 0 saturated heterocycles. The van der Waals surface area contributed by atoms with E-state index < -0.39 is 22.0 Å². The van der Waals surface area contributed by atoms with Crippen LogP contribution in [-0.2, 0) is 19.6 Å². The molecule has 0 unspecified atom stereocenters. The van der Waals surface area contributed by atoms with Crippen molar-refractivity contribution in [1.29, 1.82) is 0 Å². The summed E-state index contributed by atoms with van der Waals surface area (Å²) in [6.07, 6.45) is -0.0444. The molecule has 0 aromatic heterocycles. The number of sulfonamides is 1. The molecule has 2 N–H and O–H groups in total. The molecule has 0 saturated carbocycles. The Morgan fingerprint density at radius 2 is 1.93 bits per heavy atom. The Kier molecular flexibility index (Phi) is 5.77. The first-order valence-electron chi connectivity index (χ1n) is 4.59. The fourth-order valence-electron chi connectivity index (χ4n) is 0.772. The number of carbonyl (C=O) groups is 1. The van der Waals surface area contributed by atoms with Crippen molar-refractivity contribution < 1.29 is 23.1 Å². The van der Waals surface area contributed by atoms with E-state index in [-0.39, 0.29) is 18.5 Å². The van der Waals surface area contributed by atoms with Crippen molar-refractivity contribution in [3.05, 3.63) is 0 Å². The molecule has 7 heteroatoms. The third-order valence-corrected chi connectivity index (χ3v) is 2.95. The molecule has 0 aliphatic heterocycles. The predicted molar refractivity (Wildman–Crippen MR) is 55.1 cm³/mol. The highest BCUT2D eigenvalue weighted by atomic mass is 32.2. The highest BCUT2D eigenvalue weighted by molar-refractivity contribution is 7.89. The van der Waals surface area contributed by atoms with E-state index in [9.17, 15) is 13.2 Å². The van der Waals surface area contributed by atoms with Crippen molar-refractivity contribution in [1.82, 2.24) is 4.72 Å². The molecular weight excluding hydrogens is 222 g/mol. The lowest BCUT2D eigenvalue weighted by Gasteiger charge is -2.11.